The van der Waals surface area contributed by atoms with Gasteiger partial charge in [0.1, 0.15) is 5.82 Å². The maximum absolute atomic E-state index is 14.2. The van der Waals surface area contributed by atoms with Crippen LogP contribution < -0.4 is 0 Å². The normalized spacial score (nSPS) is 24.4. The van der Waals surface area contributed by atoms with Gasteiger partial charge in [0.2, 0.25) is 0 Å². The second-order valence-corrected chi connectivity index (χ2v) is 7.69. The summed E-state index contributed by atoms with van der Waals surface area (Å²) in [6.45, 7) is 4.70. The van der Waals surface area contributed by atoms with Crippen molar-refractivity contribution in [1.29, 1.82) is 0 Å². The van der Waals surface area contributed by atoms with E-state index < -0.39 is 0 Å². The molecule has 0 amide bonds. The summed E-state index contributed by atoms with van der Waals surface area (Å²) in [6.07, 6.45) is 6.20. The fourth-order valence-electron chi connectivity index (χ4n) is 4.24. The molecule has 0 saturated carbocycles. The largest absolute Gasteiger partial charge is 0.297 e. The standard InChI is InChI=1S/C20H23ClFN3/c21-19-4-1-5-20(22)18(19)14-25-12-16-6-7-17(25)13-24(11-16)10-15-3-2-8-23-9-15/h1-5,8-9,16-17H,6-7,10-14H2/t16-,17+/m0/s1. The summed E-state index contributed by atoms with van der Waals surface area (Å²) in [6, 6.07) is 9.55. The van der Waals surface area contributed by atoms with Gasteiger partial charge in [0, 0.05) is 61.7 Å². The smallest absolute Gasteiger partial charge is 0.129 e. The Kier molecular flexibility index (Phi) is 5.02. The molecule has 1 aromatic heterocycles. The van der Waals surface area contributed by atoms with Crippen LogP contribution in [0.3, 0.4) is 0 Å². The number of piperidine rings is 1. The summed E-state index contributed by atoms with van der Waals surface area (Å²) in [5, 5.41) is 0.535. The number of aromatic nitrogens is 1. The van der Waals surface area contributed by atoms with Gasteiger partial charge in [-0.05, 0) is 42.5 Å². The molecule has 0 radical (unpaired) electrons. The molecule has 0 aliphatic carbocycles. The minimum absolute atomic E-state index is 0.195. The number of halogens is 2. The molecular formula is C20H23ClFN3. The van der Waals surface area contributed by atoms with Crippen LogP contribution >= 0.6 is 11.6 Å². The van der Waals surface area contributed by atoms with E-state index in [9.17, 15) is 4.39 Å². The zero-order chi connectivity index (χ0) is 17.2. The van der Waals surface area contributed by atoms with Crippen molar-refractivity contribution in [2.75, 3.05) is 19.6 Å². The fourth-order valence-corrected chi connectivity index (χ4v) is 4.46. The highest BCUT2D eigenvalue weighted by atomic mass is 35.5. The third kappa shape index (κ3) is 3.86. The van der Waals surface area contributed by atoms with Crippen molar-refractivity contribution in [2.45, 2.75) is 32.0 Å². The lowest BCUT2D eigenvalue weighted by atomic mass is 9.94. The Morgan fingerprint density at radius 3 is 2.80 bits per heavy atom. The van der Waals surface area contributed by atoms with Crippen LogP contribution in [0.15, 0.2) is 42.7 Å². The monoisotopic (exact) mass is 359 g/mol. The molecule has 2 atom stereocenters. The molecule has 2 bridgehead atoms. The molecule has 2 aromatic rings. The van der Waals surface area contributed by atoms with Gasteiger partial charge in [0.15, 0.2) is 0 Å². The van der Waals surface area contributed by atoms with Crippen LogP contribution in [-0.2, 0) is 13.1 Å². The van der Waals surface area contributed by atoms with Crippen molar-refractivity contribution >= 4 is 11.6 Å². The first-order chi connectivity index (χ1) is 12.2. The van der Waals surface area contributed by atoms with Crippen LogP contribution in [0.2, 0.25) is 5.02 Å². The fraction of sp³-hybridized carbons (Fsp3) is 0.450. The number of benzene rings is 1. The summed E-state index contributed by atoms with van der Waals surface area (Å²) < 4.78 is 14.2. The molecule has 5 rings (SSSR count). The van der Waals surface area contributed by atoms with Gasteiger partial charge in [-0.1, -0.05) is 23.7 Å². The van der Waals surface area contributed by atoms with Gasteiger partial charge < -0.3 is 0 Å². The molecule has 1 aromatic carbocycles. The first-order valence-electron chi connectivity index (χ1n) is 8.97. The first-order valence-corrected chi connectivity index (χ1v) is 9.35. The topological polar surface area (TPSA) is 19.4 Å². The van der Waals surface area contributed by atoms with Gasteiger partial charge in [-0.3, -0.25) is 14.8 Å². The number of pyridine rings is 1. The Morgan fingerprint density at radius 2 is 2.00 bits per heavy atom. The average Bonchev–Trinajstić information content (AvgIpc) is 2.89. The Bertz CT molecular complexity index is 704. The van der Waals surface area contributed by atoms with Crippen LogP contribution in [0.1, 0.15) is 24.0 Å². The molecule has 3 nitrogen and oxygen atoms in total. The van der Waals surface area contributed by atoms with Gasteiger partial charge in [0.05, 0.1) is 0 Å². The van der Waals surface area contributed by atoms with Crippen LogP contribution in [0.25, 0.3) is 0 Å². The molecule has 3 fully saturated rings. The lowest BCUT2D eigenvalue weighted by molar-refractivity contribution is 0.121. The summed E-state index contributed by atoms with van der Waals surface area (Å²) in [4.78, 5) is 9.19. The van der Waals surface area contributed by atoms with Crippen LogP contribution in [0, 0.1) is 11.7 Å². The van der Waals surface area contributed by atoms with Crippen LogP contribution in [-0.4, -0.2) is 40.5 Å². The number of hydrogen-bond donors (Lipinski definition) is 0. The van der Waals surface area contributed by atoms with Crippen molar-refractivity contribution in [1.82, 2.24) is 14.8 Å². The quantitative estimate of drug-likeness (QED) is 0.823. The predicted octanol–water partition coefficient (Wildman–Crippen LogP) is 3.97. The van der Waals surface area contributed by atoms with E-state index in [2.05, 4.69) is 20.9 Å². The average molecular weight is 360 g/mol. The maximum Gasteiger partial charge on any atom is 0.129 e. The predicted molar refractivity (Wildman–Crippen MR) is 97.8 cm³/mol. The molecule has 3 saturated heterocycles. The third-order valence-electron chi connectivity index (χ3n) is 5.45. The van der Waals surface area contributed by atoms with Gasteiger partial charge >= 0.3 is 0 Å². The summed E-state index contributed by atoms with van der Waals surface area (Å²) in [7, 11) is 0. The molecule has 0 N–H and O–H groups in total. The summed E-state index contributed by atoms with van der Waals surface area (Å²) >= 11 is 6.24. The molecule has 0 spiro atoms. The van der Waals surface area contributed by atoms with Crippen molar-refractivity contribution in [3.05, 3.63) is 64.7 Å². The van der Waals surface area contributed by atoms with Gasteiger partial charge in [-0.25, -0.2) is 4.39 Å². The number of nitrogens with zero attached hydrogens (tertiary/aromatic N) is 3. The Morgan fingerprint density at radius 1 is 1.08 bits per heavy atom. The second-order valence-electron chi connectivity index (χ2n) is 7.28. The minimum atomic E-state index is -0.195. The molecule has 3 aliphatic heterocycles. The lowest BCUT2D eigenvalue weighted by Crippen LogP contribution is -2.43. The number of fused-ring (bicyclic) bond motifs is 4. The number of rotatable bonds is 4. The highest BCUT2D eigenvalue weighted by Crippen LogP contribution is 2.31. The van der Waals surface area contributed by atoms with E-state index >= 15 is 0 Å². The molecule has 5 heteroatoms. The highest BCUT2D eigenvalue weighted by Gasteiger charge is 2.35. The van der Waals surface area contributed by atoms with Crippen LogP contribution in [0.5, 0.6) is 0 Å². The van der Waals surface area contributed by atoms with E-state index in [1.807, 2.05) is 18.5 Å². The van der Waals surface area contributed by atoms with Crippen molar-refractivity contribution in [3.8, 4) is 0 Å². The van der Waals surface area contributed by atoms with E-state index in [0.29, 0.717) is 29.1 Å². The maximum atomic E-state index is 14.2. The SMILES string of the molecule is Fc1cccc(Cl)c1CN1C[C@H]2CC[C@@H]1CN(Cc1cccnc1)C2. The molecule has 0 unspecified atom stereocenters. The van der Waals surface area contributed by atoms with Crippen molar-refractivity contribution in [2.24, 2.45) is 5.92 Å². The molecule has 132 valence electrons. The highest BCUT2D eigenvalue weighted by molar-refractivity contribution is 6.31. The van der Waals surface area contributed by atoms with Gasteiger partial charge in [-0.15, -0.1) is 0 Å². The lowest BCUT2D eigenvalue weighted by Gasteiger charge is -2.36. The van der Waals surface area contributed by atoms with E-state index in [-0.39, 0.29) is 5.82 Å². The Balaban J connectivity index is 1.48. The zero-order valence-electron chi connectivity index (χ0n) is 14.2. The Labute approximate surface area is 153 Å². The van der Waals surface area contributed by atoms with E-state index in [1.165, 1.54) is 24.5 Å². The second kappa shape index (κ2) is 7.40. The van der Waals surface area contributed by atoms with E-state index in [4.69, 9.17) is 11.6 Å². The summed E-state index contributed by atoms with van der Waals surface area (Å²) in [5.41, 5.74) is 1.89. The first kappa shape index (κ1) is 17.0. The van der Waals surface area contributed by atoms with Crippen molar-refractivity contribution < 1.29 is 4.39 Å². The van der Waals surface area contributed by atoms with Crippen molar-refractivity contribution in [3.63, 3.8) is 0 Å². The summed E-state index contributed by atoms with van der Waals surface area (Å²) in [5.74, 6) is 0.445. The van der Waals surface area contributed by atoms with Gasteiger partial charge in [0.25, 0.3) is 0 Å². The third-order valence-corrected chi connectivity index (χ3v) is 5.81. The number of hydrogen-bond acceptors (Lipinski definition) is 3. The molecule has 25 heavy (non-hydrogen) atoms. The zero-order valence-corrected chi connectivity index (χ0v) is 15.0. The van der Waals surface area contributed by atoms with Crippen LogP contribution in [0.4, 0.5) is 4.39 Å². The van der Waals surface area contributed by atoms with E-state index in [1.54, 1.807) is 12.1 Å². The van der Waals surface area contributed by atoms with E-state index in [0.717, 1.165) is 26.2 Å². The molecule has 3 aliphatic rings. The molecular weight excluding hydrogens is 337 g/mol. The van der Waals surface area contributed by atoms with Gasteiger partial charge in [-0.2, -0.15) is 0 Å². The Hall–Kier alpha value is -1.49. The molecule has 4 heterocycles. The minimum Gasteiger partial charge on any atom is -0.297 e.